The van der Waals surface area contributed by atoms with Crippen molar-refractivity contribution >= 4 is 5.97 Å². The Bertz CT molecular complexity index is 275. The summed E-state index contributed by atoms with van der Waals surface area (Å²) in [6.07, 6.45) is 24.5. The number of carbonyl (C=O) groups is 1. The van der Waals surface area contributed by atoms with Gasteiger partial charge in [0, 0.05) is 19.3 Å². The van der Waals surface area contributed by atoms with Gasteiger partial charge in [-0.1, -0.05) is 123 Å². The summed E-state index contributed by atoms with van der Waals surface area (Å²) in [5.74, 6) is -0.981. The minimum atomic E-state index is -0.981. The second kappa shape index (κ2) is 34.6. The molecule has 0 aliphatic rings. The van der Waals surface area contributed by atoms with Crippen molar-refractivity contribution in [3.63, 3.8) is 0 Å². The number of unbranched alkanes of at least 4 members (excludes halogenated alkanes) is 16. The number of hydrogen-bond donors (Lipinski definition) is 3. The third-order valence-electron chi connectivity index (χ3n) is 4.70. The highest BCUT2D eigenvalue weighted by Gasteiger charge is 1.91. The van der Waals surface area contributed by atoms with Gasteiger partial charge in [-0.05, 0) is 12.8 Å². The number of carboxylic acid groups (broad SMARTS) is 1. The largest absolute Gasteiger partial charge is 0.478 e. The van der Waals surface area contributed by atoms with E-state index in [9.17, 15) is 4.79 Å². The molecular weight excluding hydrogens is 364 g/mol. The molecule has 0 bridgehead atoms. The van der Waals surface area contributed by atoms with Crippen LogP contribution in [-0.2, 0) is 4.79 Å². The maximum Gasteiger partial charge on any atom is 0.327 e. The zero-order valence-corrected chi connectivity index (χ0v) is 19.7. The van der Waals surface area contributed by atoms with Crippen molar-refractivity contribution in [2.75, 3.05) is 13.2 Å². The van der Waals surface area contributed by atoms with Gasteiger partial charge in [-0.3, -0.25) is 0 Å². The number of aliphatic carboxylic acids is 1. The van der Waals surface area contributed by atoms with Crippen LogP contribution in [0.2, 0.25) is 0 Å². The minimum absolute atomic E-state index is 0.370. The highest BCUT2D eigenvalue weighted by Crippen LogP contribution is 2.10. The maximum absolute atomic E-state index is 9.25. The van der Waals surface area contributed by atoms with E-state index >= 15 is 0 Å². The number of aliphatic hydroxyl groups excluding tert-OH is 2. The van der Waals surface area contributed by atoms with Gasteiger partial charge in [0.05, 0.1) is 0 Å². The van der Waals surface area contributed by atoms with E-state index in [1.807, 2.05) is 0 Å². The van der Waals surface area contributed by atoms with Crippen LogP contribution in [0.1, 0.15) is 129 Å². The van der Waals surface area contributed by atoms with E-state index in [4.69, 9.17) is 15.3 Å². The molecule has 0 aromatic carbocycles. The molecule has 4 heteroatoms. The predicted molar refractivity (Wildman–Crippen MR) is 126 cm³/mol. The van der Waals surface area contributed by atoms with Crippen molar-refractivity contribution in [1.29, 1.82) is 0 Å². The van der Waals surface area contributed by atoms with Crippen molar-refractivity contribution in [2.24, 2.45) is 0 Å². The lowest BCUT2D eigenvalue weighted by Crippen LogP contribution is -1.84. The van der Waals surface area contributed by atoms with E-state index in [0.29, 0.717) is 13.2 Å². The molecule has 0 rings (SSSR count). The second-order valence-electron chi connectivity index (χ2n) is 7.65. The van der Waals surface area contributed by atoms with Crippen molar-refractivity contribution in [2.45, 2.75) is 129 Å². The first kappa shape index (κ1) is 32.8. The molecular formula is C25H52O4. The van der Waals surface area contributed by atoms with E-state index in [2.05, 4.69) is 20.4 Å². The zero-order chi connectivity index (χ0) is 22.4. The Hall–Kier alpha value is -0.870. The van der Waals surface area contributed by atoms with Gasteiger partial charge in [-0.2, -0.15) is 0 Å². The standard InChI is InChI=1S/C12H26O.C10H22O.C3H4O2/c1-2-3-4-5-6-7-8-9-10-11-12-13;1-2-3-4-5-6-7-8-9-10-11;1-2-3(4)5/h13H,2-12H2,1H3;11H,2-10H2,1H3;2H,1H2,(H,4,5). The van der Waals surface area contributed by atoms with Gasteiger partial charge >= 0.3 is 5.97 Å². The second-order valence-corrected chi connectivity index (χ2v) is 7.65. The molecule has 4 nitrogen and oxygen atoms in total. The summed E-state index contributed by atoms with van der Waals surface area (Å²) < 4.78 is 0. The summed E-state index contributed by atoms with van der Waals surface area (Å²) in [4.78, 5) is 9.25. The lowest BCUT2D eigenvalue weighted by atomic mass is 10.1. The zero-order valence-electron chi connectivity index (χ0n) is 19.7. The molecule has 0 heterocycles. The van der Waals surface area contributed by atoms with Crippen LogP contribution >= 0.6 is 0 Å². The van der Waals surface area contributed by atoms with Crippen LogP contribution in [0.3, 0.4) is 0 Å². The molecule has 0 radical (unpaired) electrons. The Balaban J connectivity index is -0.000000383. The Labute approximate surface area is 181 Å². The number of rotatable bonds is 19. The van der Waals surface area contributed by atoms with Gasteiger partial charge in [0.15, 0.2) is 0 Å². The Morgan fingerprint density at radius 3 is 0.966 bits per heavy atom. The Morgan fingerprint density at radius 1 is 0.586 bits per heavy atom. The molecule has 0 aliphatic heterocycles. The third kappa shape index (κ3) is 46.8. The van der Waals surface area contributed by atoms with Gasteiger partial charge in [-0.15, -0.1) is 0 Å². The molecule has 0 spiro atoms. The highest BCUT2D eigenvalue weighted by molar-refractivity contribution is 5.78. The first-order chi connectivity index (χ1) is 14.1. The van der Waals surface area contributed by atoms with Crippen LogP contribution in [0, 0.1) is 0 Å². The monoisotopic (exact) mass is 416 g/mol. The molecule has 0 atom stereocenters. The molecule has 0 saturated heterocycles. The summed E-state index contributed by atoms with van der Waals surface area (Å²) in [5, 5.41) is 24.7. The van der Waals surface area contributed by atoms with Gasteiger partial charge < -0.3 is 15.3 Å². The third-order valence-corrected chi connectivity index (χ3v) is 4.70. The molecule has 29 heavy (non-hydrogen) atoms. The normalized spacial score (nSPS) is 9.79. The smallest absolute Gasteiger partial charge is 0.327 e. The molecule has 0 saturated carbocycles. The molecule has 0 unspecified atom stereocenters. The molecule has 0 aliphatic carbocycles. The highest BCUT2D eigenvalue weighted by atomic mass is 16.4. The average Bonchev–Trinajstić information content (AvgIpc) is 2.73. The molecule has 0 amide bonds. The van der Waals surface area contributed by atoms with Crippen molar-refractivity contribution in [3.05, 3.63) is 12.7 Å². The first-order valence-electron chi connectivity index (χ1n) is 12.2. The average molecular weight is 417 g/mol. The van der Waals surface area contributed by atoms with Gasteiger partial charge in [0.2, 0.25) is 0 Å². The molecule has 0 fully saturated rings. The van der Waals surface area contributed by atoms with Crippen LogP contribution in [0.15, 0.2) is 12.7 Å². The topological polar surface area (TPSA) is 77.8 Å². The summed E-state index contributed by atoms with van der Waals surface area (Å²) in [7, 11) is 0. The van der Waals surface area contributed by atoms with Crippen LogP contribution in [0.5, 0.6) is 0 Å². The fourth-order valence-electron chi connectivity index (χ4n) is 2.84. The summed E-state index contributed by atoms with van der Waals surface area (Å²) >= 11 is 0. The first-order valence-corrected chi connectivity index (χ1v) is 12.2. The van der Waals surface area contributed by atoms with E-state index in [1.165, 1.54) is 103 Å². The van der Waals surface area contributed by atoms with E-state index in [0.717, 1.165) is 18.9 Å². The number of hydrogen-bond acceptors (Lipinski definition) is 3. The van der Waals surface area contributed by atoms with Crippen LogP contribution in [-0.4, -0.2) is 34.5 Å². The van der Waals surface area contributed by atoms with E-state index in [-0.39, 0.29) is 0 Å². The fraction of sp³-hybridized carbons (Fsp3) is 0.880. The summed E-state index contributed by atoms with van der Waals surface area (Å²) in [5.41, 5.74) is 0. The summed E-state index contributed by atoms with van der Waals surface area (Å²) in [6.45, 7) is 8.20. The van der Waals surface area contributed by atoms with Crippen LogP contribution in [0.4, 0.5) is 0 Å². The predicted octanol–water partition coefficient (Wildman–Crippen LogP) is 7.28. The van der Waals surface area contributed by atoms with Gasteiger partial charge in [0.1, 0.15) is 0 Å². The van der Waals surface area contributed by atoms with Gasteiger partial charge in [-0.25, -0.2) is 4.79 Å². The van der Waals surface area contributed by atoms with Crippen LogP contribution < -0.4 is 0 Å². The van der Waals surface area contributed by atoms with Crippen LogP contribution in [0.25, 0.3) is 0 Å². The lowest BCUT2D eigenvalue weighted by Gasteiger charge is -2.00. The van der Waals surface area contributed by atoms with Crippen molar-refractivity contribution < 1.29 is 20.1 Å². The van der Waals surface area contributed by atoms with Gasteiger partial charge in [0.25, 0.3) is 0 Å². The number of carboxylic acids is 1. The fourth-order valence-corrected chi connectivity index (χ4v) is 2.84. The minimum Gasteiger partial charge on any atom is -0.478 e. The molecule has 3 N–H and O–H groups in total. The van der Waals surface area contributed by atoms with Crippen molar-refractivity contribution in [3.8, 4) is 0 Å². The lowest BCUT2D eigenvalue weighted by molar-refractivity contribution is -0.131. The molecule has 0 aromatic rings. The SMILES string of the molecule is C=CC(=O)O.CCCCCCCCCCCCO.CCCCCCCCCCO. The maximum atomic E-state index is 9.25. The Morgan fingerprint density at radius 2 is 0.793 bits per heavy atom. The number of aliphatic hydroxyl groups is 2. The Kier molecular flexibility index (Phi) is 39.1. The quantitative estimate of drug-likeness (QED) is 0.153. The van der Waals surface area contributed by atoms with Crippen molar-refractivity contribution in [1.82, 2.24) is 0 Å². The van der Waals surface area contributed by atoms with E-state index < -0.39 is 5.97 Å². The molecule has 176 valence electrons. The van der Waals surface area contributed by atoms with E-state index in [1.54, 1.807) is 0 Å². The molecule has 0 aromatic heterocycles. The summed E-state index contributed by atoms with van der Waals surface area (Å²) in [6, 6.07) is 0.